The van der Waals surface area contributed by atoms with Crippen molar-refractivity contribution < 1.29 is 23.1 Å². The van der Waals surface area contributed by atoms with Crippen LogP contribution in [-0.4, -0.2) is 38.7 Å². The van der Waals surface area contributed by atoms with Crippen molar-refractivity contribution in [2.24, 2.45) is 5.92 Å². The summed E-state index contributed by atoms with van der Waals surface area (Å²) >= 11 is 4.25. The highest BCUT2D eigenvalue weighted by Gasteiger charge is 2.37. The molecule has 1 aliphatic rings. The summed E-state index contributed by atoms with van der Waals surface area (Å²) in [5.74, 6) is -1.91. The number of carboxylic acids is 1. The van der Waals surface area contributed by atoms with Crippen molar-refractivity contribution in [1.82, 2.24) is 4.72 Å². The predicted octanol–water partition coefficient (Wildman–Crippen LogP) is 0.889. The molecule has 1 fully saturated rings. The van der Waals surface area contributed by atoms with E-state index in [4.69, 9.17) is 9.84 Å². The van der Waals surface area contributed by atoms with Crippen molar-refractivity contribution in [3.8, 4) is 0 Å². The Balaban J connectivity index is 2.16. The lowest BCUT2D eigenvalue weighted by atomic mass is 10.1. The van der Waals surface area contributed by atoms with E-state index >= 15 is 0 Å². The first-order chi connectivity index (χ1) is 8.40. The van der Waals surface area contributed by atoms with Crippen LogP contribution in [0.1, 0.15) is 0 Å². The van der Waals surface area contributed by atoms with Gasteiger partial charge in [-0.25, -0.2) is 13.1 Å². The fourth-order valence-corrected chi connectivity index (χ4v) is 4.90. The zero-order valence-corrected chi connectivity index (χ0v) is 12.2. The molecule has 0 amide bonds. The van der Waals surface area contributed by atoms with Gasteiger partial charge >= 0.3 is 5.97 Å². The summed E-state index contributed by atoms with van der Waals surface area (Å²) in [6, 6.07) is 2.36. The van der Waals surface area contributed by atoms with E-state index in [1.807, 2.05) is 0 Å². The molecule has 100 valence electrons. The second-order valence-corrected chi connectivity index (χ2v) is 8.17. The van der Waals surface area contributed by atoms with Crippen LogP contribution in [0.2, 0.25) is 0 Å². The summed E-state index contributed by atoms with van der Waals surface area (Å²) in [6.45, 7) is 0.0966. The summed E-state index contributed by atoms with van der Waals surface area (Å²) < 4.78 is 32.2. The molecule has 1 aromatic heterocycles. The highest BCUT2D eigenvalue weighted by molar-refractivity contribution is 9.11. The molecule has 2 rings (SSSR count). The molecule has 0 aliphatic carbocycles. The Labute approximate surface area is 116 Å². The maximum Gasteiger partial charge on any atom is 0.310 e. The number of carbonyl (C=O) groups is 1. The molecule has 2 unspecified atom stereocenters. The molecule has 1 aromatic rings. The summed E-state index contributed by atoms with van der Waals surface area (Å²) in [5, 5.41) is 8.94. The second kappa shape index (κ2) is 5.25. The summed E-state index contributed by atoms with van der Waals surface area (Å²) in [7, 11) is -3.69. The van der Waals surface area contributed by atoms with Gasteiger partial charge < -0.3 is 9.84 Å². The standard InChI is InChI=1S/C9H10BrNO5S2/c10-7-1-2-8(17-7)18(14,15)11-6-4-16-3-5(6)9(12)13/h1-2,5-6,11H,3-4H2,(H,12,13). The van der Waals surface area contributed by atoms with E-state index in [1.54, 1.807) is 6.07 Å². The van der Waals surface area contributed by atoms with Gasteiger partial charge in [0.15, 0.2) is 0 Å². The molecule has 0 spiro atoms. The van der Waals surface area contributed by atoms with Crippen molar-refractivity contribution >= 4 is 43.3 Å². The van der Waals surface area contributed by atoms with Gasteiger partial charge in [0.1, 0.15) is 4.21 Å². The molecule has 1 saturated heterocycles. The van der Waals surface area contributed by atoms with Gasteiger partial charge in [0.05, 0.1) is 29.0 Å². The Morgan fingerprint density at radius 2 is 2.22 bits per heavy atom. The second-order valence-electron chi connectivity index (χ2n) is 3.77. The number of nitrogens with one attached hydrogen (secondary N) is 1. The van der Waals surface area contributed by atoms with Crippen molar-refractivity contribution in [2.75, 3.05) is 13.2 Å². The number of carboxylic acid groups (broad SMARTS) is 1. The Kier molecular flexibility index (Phi) is 4.07. The van der Waals surface area contributed by atoms with E-state index < -0.39 is 28.0 Å². The van der Waals surface area contributed by atoms with Crippen LogP contribution < -0.4 is 4.72 Å². The van der Waals surface area contributed by atoms with Crippen LogP contribution in [0, 0.1) is 5.92 Å². The number of ether oxygens (including phenoxy) is 1. The molecule has 2 N–H and O–H groups in total. The van der Waals surface area contributed by atoms with Crippen LogP contribution in [0.4, 0.5) is 0 Å². The van der Waals surface area contributed by atoms with Crippen molar-refractivity contribution in [2.45, 2.75) is 10.3 Å². The number of hydrogen-bond donors (Lipinski definition) is 2. The normalized spacial score (nSPS) is 24.3. The number of sulfonamides is 1. The van der Waals surface area contributed by atoms with Crippen LogP contribution in [0.3, 0.4) is 0 Å². The van der Waals surface area contributed by atoms with Crippen molar-refractivity contribution in [1.29, 1.82) is 0 Å². The van der Waals surface area contributed by atoms with Gasteiger partial charge in [-0.15, -0.1) is 11.3 Å². The van der Waals surface area contributed by atoms with E-state index in [0.717, 1.165) is 11.3 Å². The third-order valence-electron chi connectivity index (χ3n) is 2.52. The molecule has 0 radical (unpaired) electrons. The van der Waals surface area contributed by atoms with Gasteiger partial charge in [-0.1, -0.05) is 0 Å². The molecule has 0 saturated carbocycles. The summed E-state index contributed by atoms with van der Waals surface area (Å²) in [6.07, 6.45) is 0. The fourth-order valence-electron chi connectivity index (χ4n) is 1.61. The van der Waals surface area contributed by atoms with Crippen LogP contribution in [-0.2, 0) is 19.6 Å². The molecule has 0 bridgehead atoms. The number of hydrogen-bond acceptors (Lipinski definition) is 5. The van der Waals surface area contributed by atoms with E-state index in [-0.39, 0.29) is 17.4 Å². The fraction of sp³-hybridized carbons (Fsp3) is 0.444. The molecular formula is C9H10BrNO5S2. The third-order valence-corrected chi connectivity index (χ3v) is 6.12. The zero-order chi connectivity index (χ0) is 13.3. The summed E-state index contributed by atoms with van der Waals surface area (Å²) in [4.78, 5) is 10.9. The largest absolute Gasteiger partial charge is 0.481 e. The van der Waals surface area contributed by atoms with Crippen LogP contribution >= 0.6 is 27.3 Å². The third kappa shape index (κ3) is 2.91. The Bertz CT molecular complexity index is 555. The SMILES string of the molecule is O=C(O)C1COCC1NS(=O)(=O)c1ccc(Br)s1. The van der Waals surface area contributed by atoms with Gasteiger partial charge in [-0.3, -0.25) is 4.79 Å². The minimum absolute atomic E-state index is 0.0245. The van der Waals surface area contributed by atoms with Gasteiger partial charge in [0.2, 0.25) is 10.0 Å². The monoisotopic (exact) mass is 355 g/mol. The van der Waals surface area contributed by atoms with E-state index in [1.165, 1.54) is 6.07 Å². The predicted molar refractivity (Wildman–Crippen MR) is 68.1 cm³/mol. The minimum atomic E-state index is -3.69. The smallest absolute Gasteiger partial charge is 0.310 e. The van der Waals surface area contributed by atoms with Gasteiger partial charge in [0.25, 0.3) is 0 Å². The lowest BCUT2D eigenvalue weighted by Crippen LogP contribution is -2.42. The lowest BCUT2D eigenvalue weighted by Gasteiger charge is -2.14. The minimum Gasteiger partial charge on any atom is -0.481 e. The molecule has 6 nitrogen and oxygen atoms in total. The molecule has 9 heteroatoms. The molecule has 18 heavy (non-hydrogen) atoms. The maximum atomic E-state index is 12.0. The number of rotatable bonds is 4. The Hall–Kier alpha value is -0.480. The average Bonchev–Trinajstić information content (AvgIpc) is 2.86. The van der Waals surface area contributed by atoms with Gasteiger partial charge in [0, 0.05) is 0 Å². The topological polar surface area (TPSA) is 92.7 Å². The number of aliphatic carboxylic acids is 1. The Morgan fingerprint density at radius 1 is 1.50 bits per heavy atom. The zero-order valence-electron chi connectivity index (χ0n) is 9.00. The number of thiophene rings is 1. The molecular weight excluding hydrogens is 346 g/mol. The quantitative estimate of drug-likeness (QED) is 0.836. The average molecular weight is 356 g/mol. The first-order valence-corrected chi connectivity index (χ1v) is 8.07. The molecule has 0 aromatic carbocycles. The van der Waals surface area contributed by atoms with Crippen LogP contribution in [0.25, 0.3) is 0 Å². The van der Waals surface area contributed by atoms with Gasteiger partial charge in [-0.05, 0) is 28.1 Å². The maximum absolute atomic E-state index is 12.0. The number of halogens is 1. The highest BCUT2D eigenvalue weighted by Crippen LogP contribution is 2.27. The van der Waals surface area contributed by atoms with E-state index in [9.17, 15) is 13.2 Å². The van der Waals surface area contributed by atoms with Gasteiger partial charge in [-0.2, -0.15) is 0 Å². The van der Waals surface area contributed by atoms with Crippen molar-refractivity contribution in [3.05, 3.63) is 15.9 Å². The van der Waals surface area contributed by atoms with Crippen molar-refractivity contribution in [3.63, 3.8) is 0 Å². The lowest BCUT2D eigenvalue weighted by molar-refractivity contribution is -0.142. The van der Waals surface area contributed by atoms with Crippen LogP contribution in [0.15, 0.2) is 20.1 Å². The van der Waals surface area contributed by atoms with E-state index in [0.29, 0.717) is 3.79 Å². The molecule has 1 aliphatic heterocycles. The first-order valence-electron chi connectivity index (χ1n) is 4.98. The summed E-state index contributed by atoms with van der Waals surface area (Å²) in [5.41, 5.74) is 0. The Morgan fingerprint density at radius 3 is 2.78 bits per heavy atom. The van der Waals surface area contributed by atoms with E-state index in [2.05, 4.69) is 20.7 Å². The molecule has 2 atom stereocenters. The highest BCUT2D eigenvalue weighted by atomic mass is 79.9. The molecule has 2 heterocycles. The first kappa shape index (κ1) is 13.9. The van der Waals surface area contributed by atoms with Crippen LogP contribution in [0.5, 0.6) is 0 Å².